The maximum atomic E-state index is 12.7. The lowest BCUT2D eigenvalue weighted by Crippen LogP contribution is -1.95. The molecule has 2 aromatic rings. The van der Waals surface area contributed by atoms with Gasteiger partial charge in [0, 0.05) is 17.3 Å². The zero-order chi connectivity index (χ0) is 11.4. The third-order valence-electron chi connectivity index (χ3n) is 2.02. The Kier molecular flexibility index (Phi) is 3.37. The Morgan fingerprint density at radius 2 is 1.94 bits per heavy atom. The summed E-state index contributed by atoms with van der Waals surface area (Å²) < 4.78 is 18.1. The maximum absolute atomic E-state index is 12.7. The van der Waals surface area contributed by atoms with E-state index in [4.69, 9.17) is 16.3 Å². The number of rotatable bonds is 3. The molecule has 16 heavy (non-hydrogen) atoms. The van der Waals surface area contributed by atoms with Gasteiger partial charge in [0.25, 0.3) is 0 Å². The van der Waals surface area contributed by atoms with Crippen LogP contribution in [0.5, 0.6) is 5.75 Å². The van der Waals surface area contributed by atoms with E-state index < -0.39 is 5.95 Å². The minimum atomic E-state index is -0.548. The summed E-state index contributed by atoms with van der Waals surface area (Å²) in [6.07, 6.45) is 1.37. The lowest BCUT2D eigenvalue weighted by Gasteiger charge is -2.05. The zero-order valence-electron chi connectivity index (χ0n) is 8.36. The highest BCUT2D eigenvalue weighted by Crippen LogP contribution is 2.14. The minimum Gasteiger partial charge on any atom is -0.489 e. The van der Waals surface area contributed by atoms with E-state index in [0.29, 0.717) is 17.4 Å². The smallest absolute Gasteiger partial charge is 0.216 e. The van der Waals surface area contributed by atoms with Gasteiger partial charge >= 0.3 is 0 Å². The van der Waals surface area contributed by atoms with Gasteiger partial charge in [0.2, 0.25) is 5.95 Å². The van der Waals surface area contributed by atoms with Crippen LogP contribution < -0.4 is 4.74 Å². The summed E-state index contributed by atoms with van der Waals surface area (Å²) in [6.45, 7) is 0.376. The number of benzene rings is 1. The molecule has 1 aromatic carbocycles. The molecule has 0 saturated carbocycles. The van der Waals surface area contributed by atoms with E-state index >= 15 is 0 Å². The summed E-state index contributed by atoms with van der Waals surface area (Å²) in [7, 11) is 0. The molecule has 2 rings (SSSR count). The quantitative estimate of drug-likeness (QED) is 0.763. The molecule has 0 fully saturated rings. The van der Waals surface area contributed by atoms with Gasteiger partial charge in [-0.05, 0) is 23.8 Å². The van der Waals surface area contributed by atoms with E-state index in [2.05, 4.69) is 4.98 Å². The Balaban J connectivity index is 1.99. The third kappa shape index (κ3) is 2.94. The molecule has 82 valence electrons. The fourth-order valence-electron chi connectivity index (χ4n) is 1.22. The van der Waals surface area contributed by atoms with E-state index in [1.54, 1.807) is 18.2 Å². The van der Waals surface area contributed by atoms with Crippen molar-refractivity contribution in [3.8, 4) is 5.75 Å². The molecule has 0 amide bonds. The van der Waals surface area contributed by atoms with Gasteiger partial charge in [-0.3, -0.25) is 0 Å². The van der Waals surface area contributed by atoms with Crippen LogP contribution in [0.1, 0.15) is 5.56 Å². The number of halogens is 2. The van der Waals surface area contributed by atoms with Crippen molar-refractivity contribution in [1.29, 1.82) is 0 Å². The molecule has 0 spiro atoms. The zero-order valence-corrected chi connectivity index (χ0v) is 9.12. The van der Waals surface area contributed by atoms with Crippen LogP contribution in [-0.2, 0) is 6.61 Å². The fraction of sp³-hybridized carbons (Fsp3) is 0.0833. The first kappa shape index (κ1) is 10.9. The van der Waals surface area contributed by atoms with Crippen LogP contribution in [0.3, 0.4) is 0 Å². The van der Waals surface area contributed by atoms with Crippen molar-refractivity contribution in [3.63, 3.8) is 0 Å². The highest BCUT2D eigenvalue weighted by atomic mass is 35.5. The molecule has 0 unspecified atom stereocenters. The lowest BCUT2D eigenvalue weighted by molar-refractivity contribution is 0.303. The molecule has 0 N–H and O–H groups in total. The number of hydrogen-bond acceptors (Lipinski definition) is 2. The van der Waals surface area contributed by atoms with Crippen LogP contribution in [0.4, 0.5) is 4.39 Å². The van der Waals surface area contributed by atoms with Crippen molar-refractivity contribution in [2.24, 2.45) is 0 Å². The van der Waals surface area contributed by atoms with Crippen LogP contribution in [-0.4, -0.2) is 4.98 Å². The monoisotopic (exact) mass is 237 g/mol. The Labute approximate surface area is 97.7 Å². The van der Waals surface area contributed by atoms with Gasteiger partial charge in [-0.15, -0.1) is 0 Å². The van der Waals surface area contributed by atoms with Gasteiger partial charge in [0.05, 0.1) is 0 Å². The molecular formula is C12H9ClFNO. The molecule has 0 radical (unpaired) electrons. The summed E-state index contributed by atoms with van der Waals surface area (Å²) >= 11 is 5.75. The van der Waals surface area contributed by atoms with Crippen LogP contribution in [0.2, 0.25) is 5.02 Å². The van der Waals surface area contributed by atoms with E-state index in [0.717, 1.165) is 5.56 Å². The molecule has 0 saturated heterocycles. The van der Waals surface area contributed by atoms with E-state index in [-0.39, 0.29) is 0 Å². The molecule has 0 atom stereocenters. The van der Waals surface area contributed by atoms with E-state index in [9.17, 15) is 4.39 Å². The number of ether oxygens (including phenoxy) is 1. The maximum Gasteiger partial charge on any atom is 0.216 e. The van der Waals surface area contributed by atoms with Gasteiger partial charge < -0.3 is 4.74 Å². The molecule has 1 heterocycles. The largest absolute Gasteiger partial charge is 0.489 e. The Hall–Kier alpha value is -1.61. The van der Waals surface area contributed by atoms with Crippen molar-refractivity contribution >= 4 is 11.6 Å². The predicted molar refractivity (Wildman–Crippen MR) is 60.0 cm³/mol. The topological polar surface area (TPSA) is 22.1 Å². The van der Waals surface area contributed by atoms with Crippen molar-refractivity contribution in [2.75, 3.05) is 0 Å². The fourth-order valence-corrected chi connectivity index (χ4v) is 1.35. The van der Waals surface area contributed by atoms with Crippen molar-refractivity contribution in [3.05, 3.63) is 59.1 Å². The van der Waals surface area contributed by atoms with Crippen LogP contribution in [0, 0.1) is 5.95 Å². The van der Waals surface area contributed by atoms with Crippen LogP contribution in [0.15, 0.2) is 42.6 Å². The van der Waals surface area contributed by atoms with Gasteiger partial charge in [-0.2, -0.15) is 4.39 Å². The van der Waals surface area contributed by atoms with Crippen molar-refractivity contribution in [1.82, 2.24) is 4.98 Å². The number of pyridine rings is 1. The first-order chi connectivity index (χ1) is 7.74. The Bertz CT molecular complexity index is 473. The van der Waals surface area contributed by atoms with Crippen molar-refractivity contribution < 1.29 is 9.13 Å². The normalized spacial score (nSPS) is 10.1. The number of hydrogen-bond donors (Lipinski definition) is 0. The molecule has 0 aliphatic rings. The first-order valence-corrected chi connectivity index (χ1v) is 5.10. The number of nitrogens with zero attached hydrogens (tertiary/aromatic N) is 1. The van der Waals surface area contributed by atoms with Gasteiger partial charge in [0.15, 0.2) is 0 Å². The summed E-state index contributed by atoms with van der Waals surface area (Å²) in [5.41, 5.74) is 0.974. The predicted octanol–water partition coefficient (Wildman–Crippen LogP) is 3.45. The highest BCUT2D eigenvalue weighted by Gasteiger charge is 1.98. The SMILES string of the molecule is Fc1cc(OCc2ccc(Cl)cc2)ccn1. The standard InChI is InChI=1S/C12H9ClFNO/c13-10-3-1-9(2-4-10)8-16-11-5-6-15-12(14)7-11/h1-7H,8H2. The van der Waals surface area contributed by atoms with Gasteiger partial charge in [-0.1, -0.05) is 23.7 Å². The third-order valence-corrected chi connectivity index (χ3v) is 2.27. The van der Waals surface area contributed by atoms with Crippen LogP contribution >= 0.6 is 11.6 Å². The second-order valence-electron chi connectivity index (χ2n) is 3.23. The molecule has 0 bridgehead atoms. The Morgan fingerprint density at radius 3 is 2.62 bits per heavy atom. The molecule has 2 nitrogen and oxygen atoms in total. The molecule has 1 aromatic heterocycles. The summed E-state index contributed by atoms with van der Waals surface area (Å²) in [6, 6.07) is 10.1. The lowest BCUT2D eigenvalue weighted by atomic mass is 10.2. The molecule has 0 aliphatic heterocycles. The molecule has 0 aliphatic carbocycles. The second-order valence-corrected chi connectivity index (χ2v) is 3.67. The first-order valence-electron chi connectivity index (χ1n) is 4.73. The van der Waals surface area contributed by atoms with E-state index in [1.165, 1.54) is 12.3 Å². The van der Waals surface area contributed by atoms with Gasteiger partial charge in [-0.25, -0.2) is 4.98 Å². The van der Waals surface area contributed by atoms with Gasteiger partial charge in [0.1, 0.15) is 12.4 Å². The number of aromatic nitrogens is 1. The van der Waals surface area contributed by atoms with E-state index in [1.807, 2.05) is 12.1 Å². The summed E-state index contributed by atoms with van der Waals surface area (Å²) in [5, 5.41) is 0.679. The highest BCUT2D eigenvalue weighted by molar-refractivity contribution is 6.30. The summed E-state index contributed by atoms with van der Waals surface area (Å²) in [4.78, 5) is 3.44. The molecule has 4 heteroatoms. The Morgan fingerprint density at radius 1 is 1.19 bits per heavy atom. The summed E-state index contributed by atoms with van der Waals surface area (Å²) in [5.74, 6) is -0.0870. The second kappa shape index (κ2) is 4.94. The minimum absolute atomic E-state index is 0.376. The molecular weight excluding hydrogens is 229 g/mol. The average molecular weight is 238 g/mol. The van der Waals surface area contributed by atoms with Crippen molar-refractivity contribution in [2.45, 2.75) is 6.61 Å². The van der Waals surface area contributed by atoms with Crippen LogP contribution in [0.25, 0.3) is 0 Å². The average Bonchev–Trinajstić information content (AvgIpc) is 2.28.